The Hall–Kier alpha value is -2.35. The fourth-order valence-electron chi connectivity index (χ4n) is 2.53. The van der Waals surface area contributed by atoms with Crippen LogP contribution in [0.15, 0.2) is 18.2 Å². The second kappa shape index (κ2) is 6.40. The number of hydrogen-bond donors (Lipinski definition) is 1. The minimum absolute atomic E-state index is 0.0308. The second-order valence-corrected chi connectivity index (χ2v) is 5.25. The number of nitrogens with zero attached hydrogens (tertiary/aromatic N) is 2. The van der Waals surface area contributed by atoms with E-state index in [0.29, 0.717) is 29.8 Å². The van der Waals surface area contributed by atoms with E-state index in [1.165, 1.54) is 6.92 Å². The van der Waals surface area contributed by atoms with Crippen molar-refractivity contribution in [3.8, 4) is 6.07 Å². The van der Waals surface area contributed by atoms with Gasteiger partial charge in [-0.2, -0.15) is 5.26 Å². The summed E-state index contributed by atoms with van der Waals surface area (Å²) in [6, 6.07) is 7.28. The molecule has 1 aromatic rings. The maximum absolute atomic E-state index is 11.7. The molecule has 0 bridgehead atoms. The van der Waals surface area contributed by atoms with Crippen molar-refractivity contribution in [1.82, 2.24) is 4.90 Å². The Bertz CT molecular complexity index is 604. The van der Waals surface area contributed by atoms with Crippen LogP contribution in [0.1, 0.15) is 42.6 Å². The summed E-state index contributed by atoms with van der Waals surface area (Å²) >= 11 is 0. The smallest absolute Gasteiger partial charge is 0.222 e. The van der Waals surface area contributed by atoms with Crippen LogP contribution in [0, 0.1) is 11.3 Å². The van der Waals surface area contributed by atoms with Crippen LogP contribution in [0.3, 0.4) is 0 Å². The molecule has 0 aromatic heterocycles. The SMILES string of the molecule is CCC(=O)N1CCC(Nc2cc(C(C)=O)ccc2C#N)C1. The fraction of sp³-hybridized carbons (Fsp3) is 0.438. The van der Waals surface area contributed by atoms with E-state index in [9.17, 15) is 9.59 Å². The lowest BCUT2D eigenvalue weighted by molar-refractivity contribution is -0.129. The number of benzene rings is 1. The highest BCUT2D eigenvalue weighted by Crippen LogP contribution is 2.22. The summed E-state index contributed by atoms with van der Waals surface area (Å²) in [5.74, 6) is 0.119. The third-order valence-electron chi connectivity index (χ3n) is 3.75. The van der Waals surface area contributed by atoms with Gasteiger partial charge in [0.15, 0.2) is 5.78 Å². The van der Waals surface area contributed by atoms with Crippen molar-refractivity contribution in [1.29, 1.82) is 5.26 Å². The summed E-state index contributed by atoms with van der Waals surface area (Å²) in [4.78, 5) is 25.0. The highest BCUT2D eigenvalue weighted by molar-refractivity contribution is 5.95. The van der Waals surface area contributed by atoms with Crippen LogP contribution in [-0.2, 0) is 4.79 Å². The summed E-state index contributed by atoms with van der Waals surface area (Å²) in [5, 5.41) is 12.5. The van der Waals surface area contributed by atoms with Gasteiger partial charge in [0.2, 0.25) is 5.91 Å². The molecule has 2 rings (SSSR count). The molecule has 1 aromatic carbocycles. The van der Waals surface area contributed by atoms with Crippen molar-refractivity contribution in [2.24, 2.45) is 0 Å². The van der Waals surface area contributed by atoms with E-state index in [0.717, 1.165) is 13.0 Å². The molecule has 0 aliphatic carbocycles. The largest absolute Gasteiger partial charge is 0.379 e. The molecule has 21 heavy (non-hydrogen) atoms. The van der Waals surface area contributed by atoms with Gasteiger partial charge in [-0.25, -0.2) is 0 Å². The van der Waals surface area contributed by atoms with Crippen molar-refractivity contribution in [2.45, 2.75) is 32.7 Å². The quantitative estimate of drug-likeness (QED) is 0.861. The fourth-order valence-corrected chi connectivity index (χ4v) is 2.53. The zero-order valence-electron chi connectivity index (χ0n) is 12.3. The van der Waals surface area contributed by atoms with Crippen molar-refractivity contribution in [3.63, 3.8) is 0 Å². The summed E-state index contributed by atoms with van der Waals surface area (Å²) in [5.41, 5.74) is 1.76. The number of likely N-dealkylation sites (tertiary alicyclic amines) is 1. The molecule has 110 valence electrons. The third-order valence-corrected chi connectivity index (χ3v) is 3.75. The van der Waals surface area contributed by atoms with Crippen LogP contribution in [0.25, 0.3) is 0 Å². The Morgan fingerprint density at radius 3 is 2.86 bits per heavy atom. The first-order chi connectivity index (χ1) is 10.0. The molecular formula is C16H19N3O2. The molecule has 1 unspecified atom stereocenters. The number of carbonyl (C=O) groups excluding carboxylic acids is 2. The van der Waals surface area contributed by atoms with Crippen LogP contribution in [0.4, 0.5) is 5.69 Å². The highest BCUT2D eigenvalue weighted by Gasteiger charge is 2.25. The molecule has 1 amide bonds. The summed E-state index contributed by atoms with van der Waals surface area (Å²) in [6.45, 7) is 4.73. The normalized spacial score (nSPS) is 17.4. The van der Waals surface area contributed by atoms with Gasteiger partial charge in [0, 0.05) is 31.1 Å². The maximum Gasteiger partial charge on any atom is 0.222 e. The number of amides is 1. The van der Waals surface area contributed by atoms with Crippen molar-refractivity contribution >= 4 is 17.4 Å². The molecule has 1 saturated heterocycles. The predicted octanol–water partition coefficient (Wildman–Crippen LogP) is 2.18. The van der Waals surface area contributed by atoms with E-state index in [4.69, 9.17) is 5.26 Å². The minimum atomic E-state index is -0.0308. The zero-order valence-corrected chi connectivity index (χ0v) is 12.3. The molecule has 0 saturated carbocycles. The number of carbonyl (C=O) groups is 2. The molecule has 1 aliphatic rings. The maximum atomic E-state index is 11.7. The second-order valence-electron chi connectivity index (χ2n) is 5.25. The molecule has 0 radical (unpaired) electrons. The van der Waals surface area contributed by atoms with E-state index >= 15 is 0 Å². The third kappa shape index (κ3) is 3.40. The van der Waals surface area contributed by atoms with Crippen LogP contribution in [-0.4, -0.2) is 35.7 Å². The summed E-state index contributed by atoms with van der Waals surface area (Å²) in [7, 11) is 0. The molecule has 0 spiro atoms. The van der Waals surface area contributed by atoms with E-state index in [-0.39, 0.29) is 17.7 Å². The van der Waals surface area contributed by atoms with Gasteiger partial charge in [-0.1, -0.05) is 6.92 Å². The Labute approximate surface area is 124 Å². The number of Topliss-reactive ketones (excluding diaryl/α,β-unsaturated/α-hetero) is 1. The Kier molecular flexibility index (Phi) is 4.59. The lowest BCUT2D eigenvalue weighted by Gasteiger charge is -2.18. The van der Waals surface area contributed by atoms with E-state index < -0.39 is 0 Å². The molecule has 5 nitrogen and oxygen atoms in total. The van der Waals surface area contributed by atoms with Crippen molar-refractivity contribution in [3.05, 3.63) is 29.3 Å². The number of nitrogens with one attached hydrogen (secondary N) is 1. The zero-order chi connectivity index (χ0) is 15.4. The van der Waals surface area contributed by atoms with Gasteiger partial charge in [-0.15, -0.1) is 0 Å². The molecule has 5 heteroatoms. The number of nitriles is 1. The predicted molar refractivity (Wildman–Crippen MR) is 80.1 cm³/mol. The molecule has 1 heterocycles. The summed E-state index contributed by atoms with van der Waals surface area (Å²) < 4.78 is 0. The van der Waals surface area contributed by atoms with Gasteiger partial charge in [-0.3, -0.25) is 9.59 Å². The molecule has 1 N–H and O–H groups in total. The van der Waals surface area contributed by atoms with Crippen LogP contribution in [0.5, 0.6) is 0 Å². The van der Waals surface area contributed by atoms with Crippen molar-refractivity contribution < 1.29 is 9.59 Å². The Morgan fingerprint density at radius 1 is 1.48 bits per heavy atom. The van der Waals surface area contributed by atoms with Gasteiger partial charge < -0.3 is 10.2 Å². The number of anilines is 1. The molecular weight excluding hydrogens is 266 g/mol. The van der Waals surface area contributed by atoms with Gasteiger partial charge >= 0.3 is 0 Å². The van der Waals surface area contributed by atoms with E-state index in [1.54, 1.807) is 18.2 Å². The highest BCUT2D eigenvalue weighted by atomic mass is 16.2. The van der Waals surface area contributed by atoms with E-state index in [2.05, 4.69) is 11.4 Å². The average molecular weight is 285 g/mol. The Balaban J connectivity index is 2.13. The first-order valence-corrected chi connectivity index (χ1v) is 7.14. The average Bonchev–Trinajstić information content (AvgIpc) is 2.94. The molecule has 1 atom stereocenters. The van der Waals surface area contributed by atoms with Gasteiger partial charge in [0.05, 0.1) is 11.3 Å². The lowest BCUT2D eigenvalue weighted by Crippen LogP contribution is -2.31. The first-order valence-electron chi connectivity index (χ1n) is 7.14. The lowest BCUT2D eigenvalue weighted by atomic mass is 10.1. The van der Waals surface area contributed by atoms with Crippen LogP contribution in [0.2, 0.25) is 0 Å². The number of rotatable bonds is 4. The standard InChI is InChI=1S/C16H19N3O2/c1-3-16(21)19-7-6-14(10-19)18-15-8-12(11(2)20)4-5-13(15)9-17/h4-5,8,14,18H,3,6-7,10H2,1-2H3. The van der Waals surface area contributed by atoms with Crippen LogP contribution < -0.4 is 5.32 Å². The first kappa shape index (κ1) is 15.0. The van der Waals surface area contributed by atoms with Gasteiger partial charge in [-0.05, 0) is 31.5 Å². The number of hydrogen-bond acceptors (Lipinski definition) is 4. The van der Waals surface area contributed by atoms with Gasteiger partial charge in [0.25, 0.3) is 0 Å². The summed E-state index contributed by atoms with van der Waals surface area (Å²) in [6.07, 6.45) is 1.36. The van der Waals surface area contributed by atoms with Crippen molar-refractivity contribution in [2.75, 3.05) is 18.4 Å². The number of ketones is 1. The monoisotopic (exact) mass is 285 g/mol. The van der Waals surface area contributed by atoms with E-state index in [1.807, 2.05) is 11.8 Å². The van der Waals surface area contributed by atoms with Crippen LogP contribution >= 0.6 is 0 Å². The Morgan fingerprint density at radius 2 is 2.24 bits per heavy atom. The molecule has 1 aliphatic heterocycles. The topological polar surface area (TPSA) is 73.2 Å². The molecule has 1 fully saturated rings. The minimum Gasteiger partial charge on any atom is -0.379 e. The van der Waals surface area contributed by atoms with Gasteiger partial charge in [0.1, 0.15) is 6.07 Å².